The van der Waals surface area contributed by atoms with Gasteiger partial charge in [-0.05, 0) is 61.4 Å². The lowest BCUT2D eigenvalue weighted by Crippen LogP contribution is -2.08. The summed E-state index contributed by atoms with van der Waals surface area (Å²) >= 11 is 5.89. The molecule has 1 saturated carbocycles. The maximum absolute atomic E-state index is 13.1. The predicted octanol–water partition coefficient (Wildman–Crippen LogP) is 4.54. The van der Waals surface area contributed by atoms with E-state index in [4.69, 9.17) is 16.0 Å². The van der Waals surface area contributed by atoms with Crippen molar-refractivity contribution in [2.24, 2.45) is 0 Å². The molecule has 0 unspecified atom stereocenters. The van der Waals surface area contributed by atoms with Crippen LogP contribution >= 0.6 is 11.6 Å². The zero-order chi connectivity index (χ0) is 18.3. The van der Waals surface area contributed by atoms with E-state index in [9.17, 15) is 12.8 Å². The minimum absolute atomic E-state index is 0.0475. The maximum atomic E-state index is 13.1. The van der Waals surface area contributed by atoms with Crippen molar-refractivity contribution in [2.75, 3.05) is 5.32 Å². The standard InChI is InChI=1S/C18H14ClFN2O3S/c19-12-3-1-11(2-4-12)16-22-18(17(25-16)21-14-7-8-14)26(23,24)15-9-5-13(20)6-10-15/h1-6,9-10,14,21H,7-8H2. The summed E-state index contributed by atoms with van der Waals surface area (Å²) in [6.07, 6.45) is 1.88. The number of rotatable bonds is 5. The van der Waals surface area contributed by atoms with Crippen LogP contribution in [0.2, 0.25) is 5.02 Å². The Bertz CT molecular complexity index is 1040. The van der Waals surface area contributed by atoms with Crippen molar-refractivity contribution >= 4 is 27.3 Å². The zero-order valence-corrected chi connectivity index (χ0v) is 15.0. The monoisotopic (exact) mass is 392 g/mol. The van der Waals surface area contributed by atoms with E-state index >= 15 is 0 Å². The highest BCUT2D eigenvalue weighted by Gasteiger charge is 2.32. The molecule has 0 saturated heterocycles. The Hall–Kier alpha value is -2.38. The fraction of sp³-hybridized carbons (Fsp3) is 0.167. The lowest BCUT2D eigenvalue weighted by Gasteiger charge is -2.04. The van der Waals surface area contributed by atoms with Gasteiger partial charge in [0, 0.05) is 16.6 Å². The zero-order valence-electron chi connectivity index (χ0n) is 13.4. The van der Waals surface area contributed by atoms with Gasteiger partial charge in [-0.25, -0.2) is 12.8 Å². The number of benzene rings is 2. The number of halogens is 2. The first kappa shape index (κ1) is 17.1. The number of hydrogen-bond acceptors (Lipinski definition) is 5. The van der Waals surface area contributed by atoms with Gasteiger partial charge in [-0.15, -0.1) is 0 Å². The van der Waals surface area contributed by atoms with Gasteiger partial charge in [-0.3, -0.25) is 0 Å². The fourth-order valence-electron chi connectivity index (χ4n) is 2.43. The van der Waals surface area contributed by atoms with Crippen molar-refractivity contribution in [3.8, 4) is 11.5 Å². The molecule has 1 aliphatic rings. The predicted molar refractivity (Wildman–Crippen MR) is 95.4 cm³/mol. The molecule has 8 heteroatoms. The van der Waals surface area contributed by atoms with Crippen LogP contribution in [0.5, 0.6) is 0 Å². The van der Waals surface area contributed by atoms with Gasteiger partial charge < -0.3 is 9.73 Å². The average molecular weight is 393 g/mol. The Labute approximate surface area is 154 Å². The highest BCUT2D eigenvalue weighted by molar-refractivity contribution is 7.91. The normalized spacial score (nSPS) is 14.4. The maximum Gasteiger partial charge on any atom is 0.234 e. The van der Waals surface area contributed by atoms with Crippen LogP contribution in [-0.2, 0) is 9.84 Å². The van der Waals surface area contributed by atoms with Crippen molar-refractivity contribution in [1.29, 1.82) is 0 Å². The largest absolute Gasteiger partial charge is 0.419 e. The summed E-state index contributed by atoms with van der Waals surface area (Å²) in [5, 5.41) is 3.41. The molecule has 4 rings (SSSR count). The Morgan fingerprint density at radius 2 is 1.73 bits per heavy atom. The molecule has 0 spiro atoms. The first-order valence-electron chi connectivity index (χ1n) is 7.97. The molecule has 26 heavy (non-hydrogen) atoms. The summed E-state index contributed by atoms with van der Waals surface area (Å²) in [4.78, 5) is 4.16. The second kappa shape index (κ2) is 6.41. The first-order valence-corrected chi connectivity index (χ1v) is 9.83. The quantitative estimate of drug-likeness (QED) is 0.645. The summed E-state index contributed by atoms with van der Waals surface area (Å²) in [6, 6.07) is 11.5. The van der Waals surface area contributed by atoms with Crippen LogP contribution in [0.4, 0.5) is 10.3 Å². The highest BCUT2D eigenvalue weighted by Crippen LogP contribution is 2.35. The molecule has 0 atom stereocenters. The first-order chi connectivity index (χ1) is 12.4. The summed E-state index contributed by atoms with van der Waals surface area (Å²) < 4.78 is 44.8. The lowest BCUT2D eigenvalue weighted by molar-refractivity contribution is 0.576. The van der Waals surface area contributed by atoms with Gasteiger partial charge in [0.05, 0.1) is 4.90 Å². The third-order valence-corrected chi connectivity index (χ3v) is 5.91. The van der Waals surface area contributed by atoms with Crippen LogP contribution in [0.15, 0.2) is 62.9 Å². The smallest absolute Gasteiger partial charge is 0.234 e. The average Bonchev–Trinajstić information content (AvgIpc) is 3.32. The second-order valence-electron chi connectivity index (χ2n) is 6.04. The van der Waals surface area contributed by atoms with Crippen molar-refractivity contribution in [3.05, 3.63) is 59.4 Å². The van der Waals surface area contributed by atoms with Crippen molar-refractivity contribution < 1.29 is 17.2 Å². The van der Waals surface area contributed by atoms with Crippen molar-refractivity contribution in [1.82, 2.24) is 4.98 Å². The van der Waals surface area contributed by atoms with Gasteiger partial charge in [-0.2, -0.15) is 4.98 Å². The van der Waals surface area contributed by atoms with Gasteiger partial charge in [-0.1, -0.05) is 11.6 Å². The van der Waals surface area contributed by atoms with Crippen LogP contribution in [0.3, 0.4) is 0 Å². The van der Waals surface area contributed by atoms with Crippen LogP contribution in [0.25, 0.3) is 11.5 Å². The molecule has 0 radical (unpaired) electrons. The highest BCUT2D eigenvalue weighted by atomic mass is 35.5. The van der Waals surface area contributed by atoms with Gasteiger partial charge >= 0.3 is 0 Å². The molecular formula is C18H14ClFN2O3S. The summed E-state index contributed by atoms with van der Waals surface area (Å²) in [6.45, 7) is 0. The molecule has 134 valence electrons. The van der Waals surface area contributed by atoms with E-state index in [1.54, 1.807) is 24.3 Å². The van der Waals surface area contributed by atoms with Crippen LogP contribution < -0.4 is 5.32 Å². The van der Waals surface area contributed by atoms with Crippen molar-refractivity contribution in [3.63, 3.8) is 0 Å². The number of nitrogens with zero attached hydrogens (tertiary/aromatic N) is 1. The molecule has 1 fully saturated rings. The van der Waals surface area contributed by atoms with E-state index in [2.05, 4.69) is 10.3 Å². The third-order valence-electron chi connectivity index (χ3n) is 3.98. The van der Waals surface area contributed by atoms with Gasteiger partial charge in [0.2, 0.25) is 26.6 Å². The molecule has 1 heterocycles. The van der Waals surface area contributed by atoms with E-state index in [1.807, 2.05) is 0 Å². The van der Waals surface area contributed by atoms with Crippen molar-refractivity contribution in [2.45, 2.75) is 28.8 Å². The summed E-state index contributed by atoms with van der Waals surface area (Å²) in [5.41, 5.74) is 0.605. The molecule has 1 N–H and O–H groups in total. The Balaban J connectivity index is 1.80. The number of oxazole rings is 1. The number of aromatic nitrogens is 1. The Morgan fingerprint density at radius 3 is 2.35 bits per heavy atom. The SMILES string of the molecule is O=S(=O)(c1ccc(F)cc1)c1nc(-c2ccc(Cl)cc2)oc1NC1CC1. The number of hydrogen-bond donors (Lipinski definition) is 1. The van der Waals surface area contributed by atoms with E-state index in [1.165, 1.54) is 12.1 Å². The third kappa shape index (κ3) is 3.32. The lowest BCUT2D eigenvalue weighted by atomic mass is 10.2. The number of anilines is 1. The molecule has 0 bridgehead atoms. The van der Waals surface area contributed by atoms with Gasteiger partial charge in [0.25, 0.3) is 0 Å². The van der Waals surface area contributed by atoms with Crippen LogP contribution in [0.1, 0.15) is 12.8 Å². The summed E-state index contributed by atoms with van der Waals surface area (Å²) in [7, 11) is -3.96. The molecule has 0 amide bonds. The molecule has 5 nitrogen and oxygen atoms in total. The molecular weight excluding hydrogens is 379 g/mol. The number of nitrogens with one attached hydrogen (secondary N) is 1. The minimum atomic E-state index is -3.96. The minimum Gasteiger partial charge on any atom is -0.419 e. The van der Waals surface area contributed by atoms with E-state index < -0.39 is 15.7 Å². The fourth-order valence-corrected chi connectivity index (χ4v) is 3.83. The number of sulfone groups is 1. The molecule has 2 aromatic carbocycles. The molecule has 3 aromatic rings. The summed E-state index contributed by atoms with van der Waals surface area (Å²) in [5.74, 6) is -0.241. The van der Waals surface area contributed by atoms with Crippen LogP contribution in [0, 0.1) is 5.82 Å². The van der Waals surface area contributed by atoms with Crippen LogP contribution in [-0.4, -0.2) is 19.4 Å². The molecule has 1 aliphatic carbocycles. The second-order valence-corrected chi connectivity index (χ2v) is 8.34. The molecule has 0 aliphatic heterocycles. The Morgan fingerprint density at radius 1 is 1.08 bits per heavy atom. The van der Waals surface area contributed by atoms with E-state index in [0.717, 1.165) is 25.0 Å². The topological polar surface area (TPSA) is 72.2 Å². The van der Waals surface area contributed by atoms with Gasteiger partial charge in [0.15, 0.2) is 0 Å². The van der Waals surface area contributed by atoms with E-state index in [0.29, 0.717) is 10.6 Å². The molecule has 1 aromatic heterocycles. The van der Waals surface area contributed by atoms with Gasteiger partial charge in [0.1, 0.15) is 5.82 Å². The Kier molecular flexibility index (Phi) is 4.20. The van der Waals surface area contributed by atoms with E-state index in [-0.39, 0.29) is 27.7 Å².